The summed E-state index contributed by atoms with van der Waals surface area (Å²) in [6.45, 7) is 9.39. The zero-order chi connectivity index (χ0) is 22.5. The average molecular weight is 437 g/mol. The van der Waals surface area contributed by atoms with Crippen molar-refractivity contribution in [1.29, 1.82) is 0 Å². The number of fused-ring (bicyclic) bond motifs is 1. The van der Waals surface area contributed by atoms with Crippen LogP contribution < -0.4 is 0 Å². The molecule has 1 aliphatic carbocycles. The van der Waals surface area contributed by atoms with Gasteiger partial charge in [-0.25, -0.2) is 13.4 Å². The van der Waals surface area contributed by atoms with Crippen LogP contribution >= 0.6 is 0 Å². The largest absolute Gasteiger partial charge is 0.481 e. The maximum absolute atomic E-state index is 13.1. The predicted molar refractivity (Wildman–Crippen MR) is 115 cm³/mol. The van der Waals surface area contributed by atoms with Gasteiger partial charge in [-0.2, -0.15) is 0 Å². The Labute approximate surface area is 178 Å². The molecule has 166 valence electrons. The molecular weight excluding hydrogens is 404 g/mol. The molecule has 0 bridgehead atoms. The van der Waals surface area contributed by atoms with E-state index < -0.39 is 32.6 Å². The number of aliphatic hydroxyl groups is 1. The van der Waals surface area contributed by atoms with Crippen molar-refractivity contribution in [1.82, 2.24) is 9.55 Å². The Morgan fingerprint density at radius 2 is 1.77 bits per heavy atom. The second-order valence-corrected chi connectivity index (χ2v) is 12.8. The van der Waals surface area contributed by atoms with Crippen LogP contribution in [0.25, 0.3) is 11.0 Å². The molecule has 0 saturated heterocycles. The van der Waals surface area contributed by atoms with Gasteiger partial charge in [0.15, 0.2) is 9.84 Å². The van der Waals surface area contributed by atoms with E-state index in [2.05, 4.69) is 0 Å². The smallest absolute Gasteiger partial charge is 0.304 e. The second-order valence-electron chi connectivity index (χ2n) is 10.2. The third-order valence-electron chi connectivity index (χ3n) is 5.99. The first-order valence-electron chi connectivity index (χ1n) is 10.4. The molecule has 3 rings (SSSR count). The lowest BCUT2D eigenvalue weighted by Gasteiger charge is -2.27. The van der Waals surface area contributed by atoms with Crippen molar-refractivity contribution in [3.05, 3.63) is 24.0 Å². The molecule has 1 aromatic carbocycles. The van der Waals surface area contributed by atoms with Crippen LogP contribution in [-0.2, 0) is 26.6 Å². The van der Waals surface area contributed by atoms with E-state index in [0.29, 0.717) is 12.1 Å². The molecule has 1 aliphatic rings. The van der Waals surface area contributed by atoms with E-state index in [1.807, 2.05) is 25.3 Å². The first kappa shape index (κ1) is 22.7. The fourth-order valence-corrected chi connectivity index (χ4v) is 5.74. The molecule has 30 heavy (non-hydrogen) atoms. The van der Waals surface area contributed by atoms with Crippen LogP contribution in [0.4, 0.5) is 0 Å². The van der Waals surface area contributed by atoms with Crippen molar-refractivity contribution in [2.45, 2.75) is 93.9 Å². The van der Waals surface area contributed by atoms with Gasteiger partial charge in [0.2, 0.25) is 0 Å². The minimum Gasteiger partial charge on any atom is -0.481 e. The van der Waals surface area contributed by atoms with Gasteiger partial charge in [0.05, 0.1) is 39.2 Å². The number of carboxylic acid groups (broad SMARTS) is 1. The van der Waals surface area contributed by atoms with Crippen LogP contribution in [-0.4, -0.2) is 44.5 Å². The molecule has 0 amide bonds. The normalized spacial score (nSPS) is 17.5. The van der Waals surface area contributed by atoms with Gasteiger partial charge in [-0.1, -0.05) is 33.6 Å². The van der Waals surface area contributed by atoms with Gasteiger partial charge < -0.3 is 14.8 Å². The molecular formula is C22H32N2O5S. The highest BCUT2D eigenvalue weighted by Crippen LogP contribution is 2.36. The molecule has 1 heterocycles. The highest BCUT2D eigenvalue weighted by molar-refractivity contribution is 7.92. The van der Waals surface area contributed by atoms with Crippen molar-refractivity contribution >= 4 is 26.8 Å². The van der Waals surface area contributed by atoms with Gasteiger partial charge in [-0.05, 0) is 44.9 Å². The van der Waals surface area contributed by atoms with Crippen LogP contribution in [0.2, 0.25) is 0 Å². The van der Waals surface area contributed by atoms with Crippen LogP contribution in [0.5, 0.6) is 0 Å². The molecule has 0 unspecified atom stereocenters. The number of benzene rings is 1. The van der Waals surface area contributed by atoms with Gasteiger partial charge in [-0.3, -0.25) is 4.79 Å². The molecule has 0 aliphatic heterocycles. The topological polar surface area (TPSA) is 109 Å². The molecule has 2 aromatic rings. The number of aliphatic carboxylic acids is 1. The summed E-state index contributed by atoms with van der Waals surface area (Å²) in [5.41, 5.74) is 0.237. The van der Waals surface area contributed by atoms with E-state index in [9.17, 15) is 18.3 Å². The van der Waals surface area contributed by atoms with Gasteiger partial charge in [-0.15, -0.1) is 0 Å². The molecule has 8 heteroatoms. The molecule has 7 nitrogen and oxygen atoms in total. The minimum absolute atomic E-state index is 0.0611. The Morgan fingerprint density at radius 3 is 2.30 bits per heavy atom. The van der Waals surface area contributed by atoms with E-state index in [4.69, 9.17) is 10.1 Å². The number of hydrogen-bond donors (Lipinski definition) is 2. The highest BCUT2D eigenvalue weighted by atomic mass is 32.2. The number of nitrogens with zero attached hydrogens (tertiary/aromatic N) is 2. The molecule has 0 atom stereocenters. The van der Waals surface area contributed by atoms with Crippen molar-refractivity contribution in [2.75, 3.05) is 0 Å². The van der Waals surface area contributed by atoms with E-state index in [1.165, 1.54) is 26.0 Å². The van der Waals surface area contributed by atoms with Crippen molar-refractivity contribution in [2.24, 2.45) is 0 Å². The lowest BCUT2D eigenvalue weighted by Crippen LogP contribution is -2.34. The van der Waals surface area contributed by atoms with E-state index in [0.717, 1.165) is 37.0 Å². The quantitative estimate of drug-likeness (QED) is 0.715. The number of carbonyl (C=O) groups is 1. The third kappa shape index (κ3) is 4.12. The molecule has 1 saturated carbocycles. The fraction of sp³-hybridized carbons (Fsp3) is 0.636. The zero-order valence-electron chi connectivity index (χ0n) is 18.4. The van der Waals surface area contributed by atoms with Crippen molar-refractivity contribution in [3.63, 3.8) is 0 Å². The number of rotatable bonds is 6. The summed E-state index contributed by atoms with van der Waals surface area (Å²) in [5, 5.41) is 20.1. The lowest BCUT2D eigenvalue weighted by atomic mass is 9.94. The molecule has 1 fully saturated rings. The van der Waals surface area contributed by atoms with Crippen LogP contribution in [0.15, 0.2) is 23.1 Å². The van der Waals surface area contributed by atoms with E-state index >= 15 is 0 Å². The van der Waals surface area contributed by atoms with Crippen LogP contribution in [0.1, 0.15) is 72.5 Å². The lowest BCUT2D eigenvalue weighted by molar-refractivity contribution is -0.137. The molecule has 1 aromatic heterocycles. The maximum Gasteiger partial charge on any atom is 0.304 e. The Hall–Kier alpha value is -1.93. The summed E-state index contributed by atoms with van der Waals surface area (Å²) in [5.74, 6) is -0.370. The van der Waals surface area contributed by atoms with Gasteiger partial charge >= 0.3 is 5.97 Å². The number of sulfone groups is 1. The van der Waals surface area contributed by atoms with Crippen molar-refractivity contribution < 1.29 is 23.4 Å². The third-order valence-corrected chi connectivity index (χ3v) is 8.47. The standard InChI is InChI=1S/C22H32N2O5S/c1-20(2,3)19-23-16-12-15(30(28,29)21(4,5)13-18(25)26)8-9-17(16)24(19)14-22(27)10-6-7-11-22/h8-9,12,27H,6-7,10-11,13-14H2,1-5H3,(H,25,26). The summed E-state index contributed by atoms with van der Waals surface area (Å²) in [4.78, 5) is 16.0. The summed E-state index contributed by atoms with van der Waals surface area (Å²) >= 11 is 0. The van der Waals surface area contributed by atoms with Crippen LogP contribution in [0, 0.1) is 0 Å². The Balaban J connectivity index is 2.13. The summed E-state index contributed by atoms with van der Waals surface area (Å²) in [7, 11) is -3.88. The van der Waals surface area contributed by atoms with Gasteiger partial charge in [0.1, 0.15) is 5.82 Å². The molecule has 0 spiro atoms. The predicted octanol–water partition coefficient (Wildman–Crippen LogP) is 3.67. The van der Waals surface area contributed by atoms with E-state index in [-0.39, 0.29) is 10.3 Å². The SMILES string of the molecule is CC(C)(C)c1nc2cc(S(=O)(=O)C(C)(C)CC(=O)O)ccc2n1CC1(O)CCCC1. The fourth-order valence-electron chi connectivity index (χ4n) is 4.27. The molecule has 2 N–H and O–H groups in total. The number of aromatic nitrogens is 2. The van der Waals surface area contributed by atoms with Gasteiger partial charge in [0, 0.05) is 5.41 Å². The molecule has 0 radical (unpaired) electrons. The zero-order valence-corrected chi connectivity index (χ0v) is 19.2. The minimum atomic E-state index is -3.88. The average Bonchev–Trinajstić information content (AvgIpc) is 3.17. The second kappa shape index (κ2) is 7.34. The first-order valence-corrected chi connectivity index (χ1v) is 11.8. The van der Waals surface area contributed by atoms with Gasteiger partial charge in [0.25, 0.3) is 0 Å². The monoisotopic (exact) mass is 436 g/mol. The summed E-state index contributed by atoms with van der Waals surface area (Å²) < 4.78 is 26.8. The Morgan fingerprint density at radius 1 is 1.17 bits per heavy atom. The van der Waals surface area contributed by atoms with Crippen molar-refractivity contribution in [3.8, 4) is 0 Å². The van der Waals surface area contributed by atoms with Crippen LogP contribution in [0.3, 0.4) is 0 Å². The van der Waals surface area contributed by atoms with E-state index in [1.54, 1.807) is 6.07 Å². The number of hydrogen-bond acceptors (Lipinski definition) is 5. The number of carboxylic acids is 1. The number of imidazole rings is 1. The first-order chi connectivity index (χ1) is 13.7. The summed E-state index contributed by atoms with van der Waals surface area (Å²) in [6, 6.07) is 4.77. The Kier molecular flexibility index (Phi) is 5.56. The highest BCUT2D eigenvalue weighted by Gasteiger charge is 2.39. The maximum atomic E-state index is 13.1. The summed E-state index contributed by atoms with van der Waals surface area (Å²) in [6.07, 6.45) is 2.99. The Bertz CT molecular complexity index is 1070.